The van der Waals surface area contributed by atoms with Crippen LogP contribution in [0.25, 0.3) is 6.08 Å². The number of methoxy groups -OCH3 is 1. The molecule has 434 valence electrons. The Kier molecular flexibility index (Phi) is 20.0. The Balaban J connectivity index is 0.000000293. The number of likely N-dealkylation sites (tertiary alicyclic amines) is 2. The normalized spacial score (nSPS) is 18.3. The van der Waals surface area contributed by atoms with E-state index in [0.29, 0.717) is 60.0 Å². The highest BCUT2D eigenvalue weighted by Gasteiger charge is 2.44. The maximum atomic E-state index is 13.6. The van der Waals surface area contributed by atoms with Gasteiger partial charge in [0.05, 0.1) is 45.9 Å². The van der Waals surface area contributed by atoms with E-state index in [1.807, 2.05) is 13.8 Å². The summed E-state index contributed by atoms with van der Waals surface area (Å²) in [5.74, 6) is -0.494. The third kappa shape index (κ3) is 18.1. The predicted molar refractivity (Wildman–Crippen MR) is 269 cm³/mol. The number of aromatic nitrogens is 4. The molecule has 14 nitrogen and oxygen atoms in total. The zero-order valence-electron chi connectivity index (χ0n) is 44.3. The van der Waals surface area contributed by atoms with Crippen LogP contribution in [-0.4, -0.2) is 103 Å². The van der Waals surface area contributed by atoms with E-state index >= 15 is 0 Å². The SMILES string of the molecule is CC[C@@H]1C[C@H](N(Cc2cc(C(F)(F)F)cc(C(F)(F)F)c2)c2ncc(/C=C/C(=O)OC)cn2)CN1C(=O)OC(C)(C)C.CC[C@@H]1C[C@H](N(Cc2cc(C(F)(F)F)cc(C(F)(F)F)c2)c2ncc(Br)cn2)CN1C(=O)OC(C)(C)C. The minimum Gasteiger partial charge on any atom is -0.466 e. The van der Waals surface area contributed by atoms with Gasteiger partial charge in [-0.15, -0.1) is 0 Å². The first kappa shape index (κ1) is 63.4. The van der Waals surface area contributed by atoms with Gasteiger partial charge in [0.25, 0.3) is 0 Å². The van der Waals surface area contributed by atoms with Gasteiger partial charge in [0.15, 0.2) is 0 Å². The lowest BCUT2D eigenvalue weighted by molar-refractivity contribution is -0.144. The Morgan fingerprint density at radius 2 is 0.911 bits per heavy atom. The number of nitrogens with zero attached hydrogens (tertiary/aromatic N) is 8. The molecule has 0 spiro atoms. The standard InChI is InChI=1S/C28H32F6N4O4.C24H27BrF6N4O2/c1-6-21-12-22(16-38(21)25(40)42-26(2,3)4)37(24-35-13-17(14-36-24)7-8-23(39)41-5)15-18-9-19(27(29,30)31)11-20(10-18)28(32,33)34;1-5-18-9-19(13-35(18)21(36)37-22(2,3)4)34(20-32-10-17(25)11-33-20)12-14-6-15(23(26,27)28)8-16(7-14)24(29,30)31/h7-11,13-14,21-22H,6,12,15-16H2,1-5H3;6-8,10-11,18-19H,5,9,12-13H2,1-4H3/b8-7+;/t21-,22+;18-,19+/m11/s1. The topological polar surface area (TPSA) is 143 Å². The number of carbonyl (C=O) groups is 3. The van der Waals surface area contributed by atoms with Crippen LogP contribution in [0.5, 0.6) is 0 Å². The number of alkyl halides is 12. The zero-order valence-corrected chi connectivity index (χ0v) is 45.9. The van der Waals surface area contributed by atoms with Crippen LogP contribution < -0.4 is 9.80 Å². The number of hydrogen-bond acceptors (Lipinski definition) is 12. The third-order valence-corrected chi connectivity index (χ3v) is 12.7. The van der Waals surface area contributed by atoms with Crippen molar-refractivity contribution in [2.45, 2.75) is 154 Å². The molecule has 2 saturated heterocycles. The van der Waals surface area contributed by atoms with Gasteiger partial charge in [-0.05, 0) is 137 Å². The summed E-state index contributed by atoms with van der Waals surface area (Å²) in [7, 11) is 1.20. The van der Waals surface area contributed by atoms with Crippen molar-refractivity contribution in [3.8, 4) is 0 Å². The molecule has 2 aliphatic rings. The van der Waals surface area contributed by atoms with Gasteiger partial charge in [-0.1, -0.05) is 13.8 Å². The lowest BCUT2D eigenvalue weighted by Gasteiger charge is -2.30. The van der Waals surface area contributed by atoms with Crippen molar-refractivity contribution in [1.82, 2.24) is 29.7 Å². The van der Waals surface area contributed by atoms with E-state index in [-0.39, 0.29) is 66.9 Å². The molecule has 4 aromatic rings. The number of rotatable bonds is 12. The molecule has 0 aliphatic carbocycles. The van der Waals surface area contributed by atoms with Crippen LogP contribution in [0.2, 0.25) is 0 Å². The van der Waals surface area contributed by atoms with Gasteiger partial charge in [0.2, 0.25) is 11.9 Å². The van der Waals surface area contributed by atoms with Crippen LogP contribution in [0.1, 0.15) is 120 Å². The van der Waals surface area contributed by atoms with Crippen molar-refractivity contribution < 1.29 is 81.3 Å². The first-order valence-corrected chi connectivity index (χ1v) is 25.3. The van der Waals surface area contributed by atoms with Crippen molar-refractivity contribution in [3.05, 3.63) is 111 Å². The summed E-state index contributed by atoms with van der Waals surface area (Å²) in [5.41, 5.74) is -7.28. The molecule has 6 rings (SSSR count). The second kappa shape index (κ2) is 24.9. The largest absolute Gasteiger partial charge is 0.466 e. The molecule has 0 unspecified atom stereocenters. The van der Waals surface area contributed by atoms with Gasteiger partial charge in [-0.2, -0.15) is 52.7 Å². The number of benzene rings is 2. The molecule has 4 heterocycles. The van der Waals surface area contributed by atoms with Crippen LogP contribution >= 0.6 is 15.9 Å². The van der Waals surface area contributed by atoms with E-state index in [1.165, 1.54) is 57.6 Å². The summed E-state index contributed by atoms with van der Waals surface area (Å²) in [6.45, 7) is 13.5. The maximum absolute atomic E-state index is 13.6. The number of ether oxygens (including phenoxy) is 3. The number of anilines is 2. The highest BCUT2D eigenvalue weighted by Crippen LogP contribution is 2.40. The predicted octanol–water partition coefficient (Wildman–Crippen LogP) is 13.6. The monoisotopic (exact) mass is 1200 g/mol. The molecule has 0 saturated carbocycles. The fourth-order valence-electron chi connectivity index (χ4n) is 8.69. The molecular formula is C52H59BrF12N8O6. The van der Waals surface area contributed by atoms with Crippen molar-refractivity contribution in [3.63, 3.8) is 0 Å². The molecule has 2 aliphatic heterocycles. The number of hydrogen-bond donors (Lipinski definition) is 0. The minimum atomic E-state index is -5.01. The molecule has 79 heavy (non-hydrogen) atoms. The van der Waals surface area contributed by atoms with E-state index in [4.69, 9.17) is 9.47 Å². The Morgan fingerprint density at radius 3 is 1.20 bits per heavy atom. The first-order chi connectivity index (χ1) is 36.4. The van der Waals surface area contributed by atoms with Gasteiger partial charge >= 0.3 is 42.9 Å². The van der Waals surface area contributed by atoms with Crippen LogP contribution in [0.3, 0.4) is 0 Å². The van der Waals surface area contributed by atoms with Gasteiger partial charge in [0.1, 0.15) is 11.2 Å². The molecule has 0 bridgehead atoms. The molecule has 2 aromatic heterocycles. The average Bonchev–Trinajstić information content (AvgIpc) is 4.04. The zero-order chi connectivity index (χ0) is 59.2. The highest BCUT2D eigenvalue weighted by atomic mass is 79.9. The average molecular weight is 1200 g/mol. The second-order valence-electron chi connectivity index (χ2n) is 20.6. The minimum absolute atomic E-state index is 0.0158. The van der Waals surface area contributed by atoms with Crippen LogP contribution in [0, 0.1) is 0 Å². The second-order valence-corrected chi connectivity index (χ2v) is 21.5. The molecule has 4 atom stereocenters. The van der Waals surface area contributed by atoms with E-state index in [9.17, 15) is 67.1 Å². The van der Waals surface area contributed by atoms with E-state index < -0.39 is 94.9 Å². The van der Waals surface area contributed by atoms with Gasteiger partial charge in [-0.3, -0.25) is 0 Å². The van der Waals surface area contributed by atoms with Crippen molar-refractivity contribution in [2.24, 2.45) is 0 Å². The third-order valence-electron chi connectivity index (χ3n) is 12.3. The summed E-state index contributed by atoms with van der Waals surface area (Å²) in [6.07, 6.45) is -11.2. The summed E-state index contributed by atoms with van der Waals surface area (Å²) >= 11 is 3.22. The van der Waals surface area contributed by atoms with E-state index in [0.717, 1.165) is 6.08 Å². The Bertz CT molecular complexity index is 2700. The van der Waals surface area contributed by atoms with Gasteiger partial charge < -0.3 is 33.8 Å². The quantitative estimate of drug-likeness (QED) is 0.0576. The number of halogens is 13. The number of carbonyl (C=O) groups excluding carboxylic acids is 3. The summed E-state index contributed by atoms with van der Waals surface area (Å²) in [5, 5.41) is 0. The molecular weight excluding hydrogens is 1140 g/mol. The van der Waals surface area contributed by atoms with Crippen LogP contribution in [-0.2, 0) is 56.8 Å². The fraction of sp³-hybridized carbons (Fsp3) is 0.519. The smallest absolute Gasteiger partial charge is 0.416 e. The summed E-state index contributed by atoms with van der Waals surface area (Å²) in [6, 6.07) is 1.27. The summed E-state index contributed by atoms with van der Waals surface area (Å²) in [4.78, 5) is 60.3. The number of esters is 1. The highest BCUT2D eigenvalue weighted by molar-refractivity contribution is 9.10. The van der Waals surface area contributed by atoms with E-state index in [2.05, 4.69) is 40.6 Å². The van der Waals surface area contributed by atoms with Crippen LogP contribution in [0.15, 0.2) is 71.7 Å². The van der Waals surface area contributed by atoms with Crippen molar-refractivity contribution in [1.29, 1.82) is 0 Å². The Morgan fingerprint density at radius 1 is 0.582 bits per heavy atom. The molecule has 0 radical (unpaired) electrons. The number of amides is 2. The van der Waals surface area contributed by atoms with Gasteiger partial charge in [-0.25, -0.2) is 34.3 Å². The molecule has 2 amide bonds. The van der Waals surface area contributed by atoms with Crippen LogP contribution in [0.4, 0.5) is 74.2 Å². The fourth-order valence-corrected chi connectivity index (χ4v) is 8.90. The molecule has 2 aromatic carbocycles. The summed E-state index contributed by atoms with van der Waals surface area (Å²) < 4.78 is 178. The van der Waals surface area contributed by atoms with Gasteiger partial charge in [0, 0.05) is 74.7 Å². The van der Waals surface area contributed by atoms with Crippen molar-refractivity contribution >= 4 is 52.1 Å². The van der Waals surface area contributed by atoms with Crippen molar-refractivity contribution in [2.75, 3.05) is 30.0 Å². The first-order valence-electron chi connectivity index (χ1n) is 24.5. The molecule has 2 fully saturated rings. The maximum Gasteiger partial charge on any atom is 0.416 e. The Labute approximate surface area is 456 Å². The Hall–Kier alpha value is -6.41. The molecule has 27 heteroatoms. The lowest BCUT2D eigenvalue weighted by Crippen LogP contribution is -2.42. The lowest BCUT2D eigenvalue weighted by atomic mass is 10.0. The molecule has 0 N–H and O–H groups in total. The van der Waals surface area contributed by atoms with E-state index in [1.54, 1.807) is 41.5 Å².